The van der Waals surface area contributed by atoms with Crippen molar-refractivity contribution in [1.29, 1.82) is 0 Å². The van der Waals surface area contributed by atoms with E-state index < -0.39 is 0 Å². The van der Waals surface area contributed by atoms with Gasteiger partial charge in [0.15, 0.2) is 0 Å². The van der Waals surface area contributed by atoms with Crippen LogP contribution in [0, 0.1) is 0 Å². The van der Waals surface area contributed by atoms with Crippen LogP contribution >= 0.6 is 0 Å². The minimum atomic E-state index is -0.366. The van der Waals surface area contributed by atoms with E-state index in [1.54, 1.807) is 13.8 Å². The van der Waals surface area contributed by atoms with Gasteiger partial charge in [0.25, 0.3) is 0 Å². The first-order valence-electron chi connectivity index (χ1n) is 3.86. The third kappa shape index (κ3) is 37.8. The number of hydrogen-bond donors (Lipinski definition) is 0. The molecule has 1 radical (unpaired) electrons. The van der Waals surface area contributed by atoms with Crippen LogP contribution in [0.2, 0.25) is 0 Å². The standard InChI is InChI=1S/2C4H9O.Co/c2*1-3-4(2)5;/h2*4H,3H2,1-2H3;/q2*-1;+2. The third-order valence-electron chi connectivity index (χ3n) is 1.15. The zero-order valence-electron chi connectivity index (χ0n) is 7.72. The fraction of sp³-hybridized carbons (Fsp3) is 1.00. The predicted molar refractivity (Wildman–Crippen MR) is 39.5 cm³/mol. The fourth-order valence-corrected chi connectivity index (χ4v) is 0. The molecule has 0 aromatic heterocycles. The molecule has 0 fully saturated rings. The van der Waals surface area contributed by atoms with Crippen molar-refractivity contribution >= 4 is 0 Å². The van der Waals surface area contributed by atoms with Crippen LogP contribution in [-0.2, 0) is 16.8 Å². The molecule has 3 heteroatoms. The Morgan fingerprint density at radius 1 is 0.909 bits per heavy atom. The van der Waals surface area contributed by atoms with Gasteiger partial charge in [-0.2, -0.15) is 0 Å². The van der Waals surface area contributed by atoms with Gasteiger partial charge in [-0.1, -0.05) is 40.5 Å². The Hall–Kier alpha value is 0.426. The van der Waals surface area contributed by atoms with Crippen molar-refractivity contribution < 1.29 is 27.0 Å². The van der Waals surface area contributed by atoms with Gasteiger partial charge in [0.05, 0.1) is 0 Å². The van der Waals surface area contributed by atoms with Gasteiger partial charge in [-0.05, 0) is 0 Å². The van der Waals surface area contributed by atoms with E-state index in [9.17, 15) is 10.2 Å². The molecule has 11 heavy (non-hydrogen) atoms. The van der Waals surface area contributed by atoms with Crippen molar-refractivity contribution in [2.75, 3.05) is 0 Å². The number of hydrogen-bond acceptors (Lipinski definition) is 2. The molecule has 0 saturated heterocycles. The van der Waals surface area contributed by atoms with Crippen LogP contribution in [0.5, 0.6) is 0 Å². The monoisotopic (exact) mass is 205 g/mol. The topological polar surface area (TPSA) is 46.1 Å². The van der Waals surface area contributed by atoms with Crippen molar-refractivity contribution in [3.8, 4) is 0 Å². The average molecular weight is 205 g/mol. The summed E-state index contributed by atoms with van der Waals surface area (Å²) in [7, 11) is 0. The molecule has 0 aromatic carbocycles. The van der Waals surface area contributed by atoms with Crippen LogP contribution in [0.25, 0.3) is 0 Å². The average Bonchev–Trinajstić information content (AvgIpc) is 1.89. The van der Waals surface area contributed by atoms with E-state index in [4.69, 9.17) is 0 Å². The Morgan fingerprint density at radius 3 is 1.00 bits per heavy atom. The molecule has 2 atom stereocenters. The quantitative estimate of drug-likeness (QED) is 0.650. The SMILES string of the molecule is CCC(C)[O-].CCC(C)[O-].[Co+2]. The molecule has 2 unspecified atom stereocenters. The van der Waals surface area contributed by atoms with E-state index in [1.807, 2.05) is 13.8 Å². The Bertz CT molecular complexity index is 48.1. The summed E-state index contributed by atoms with van der Waals surface area (Å²) in [4.78, 5) is 0. The second-order valence-corrected chi connectivity index (χ2v) is 2.44. The Balaban J connectivity index is -0.000000107. The molecule has 0 spiro atoms. The van der Waals surface area contributed by atoms with E-state index >= 15 is 0 Å². The molecule has 0 bridgehead atoms. The van der Waals surface area contributed by atoms with Crippen molar-refractivity contribution in [2.45, 2.75) is 52.7 Å². The molecule has 2 nitrogen and oxygen atoms in total. The van der Waals surface area contributed by atoms with Gasteiger partial charge in [-0.25, -0.2) is 0 Å². The third-order valence-corrected chi connectivity index (χ3v) is 1.15. The van der Waals surface area contributed by atoms with Crippen LogP contribution in [0.1, 0.15) is 40.5 Å². The summed E-state index contributed by atoms with van der Waals surface area (Å²) < 4.78 is 0. The Morgan fingerprint density at radius 2 is 1.00 bits per heavy atom. The van der Waals surface area contributed by atoms with Crippen LogP contribution in [0.4, 0.5) is 0 Å². The summed E-state index contributed by atoms with van der Waals surface area (Å²) >= 11 is 0. The van der Waals surface area contributed by atoms with E-state index in [1.165, 1.54) is 0 Å². The molecule has 0 aliphatic rings. The normalized spacial score (nSPS) is 13.6. The van der Waals surface area contributed by atoms with Crippen LogP contribution < -0.4 is 10.2 Å². The molecule has 0 amide bonds. The van der Waals surface area contributed by atoms with Crippen LogP contribution in [0.15, 0.2) is 0 Å². The first kappa shape index (κ1) is 17.5. The summed E-state index contributed by atoms with van der Waals surface area (Å²) in [6.45, 7) is 7.11. The van der Waals surface area contributed by atoms with Gasteiger partial charge >= 0.3 is 16.8 Å². The van der Waals surface area contributed by atoms with Gasteiger partial charge in [0, 0.05) is 0 Å². The van der Waals surface area contributed by atoms with Gasteiger partial charge in [0.2, 0.25) is 0 Å². The summed E-state index contributed by atoms with van der Waals surface area (Å²) in [6, 6.07) is 0. The largest absolute Gasteiger partial charge is 2.00 e. The molecule has 0 saturated carbocycles. The predicted octanol–water partition coefficient (Wildman–Crippen LogP) is 0.288. The molecular formula is C8H18CoO2. The molecule has 0 rings (SSSR count). The van der Waals surface area contributed by atoms with Gasteiger partial charge in [0.1, 0.15) is 0 Å². The second-order valence-electron chi connectivity index (χ2n) is 2.44. The van der Waals surface area contributed by atoms with Crippen LogP contribution in [0.3, 0.4) is 0 Å². The summed E-state index contributed by atoms with van der Waals surface area (Å²) in [5, 5.41) is 19.8. The molecule has 0 N–H and O–H groups in total. The van der Waals surface area contributed by atoms with E-state index in [0.29, 0.717) is 0 Å². The van der Waals surface area contributed by atoms with Crippen molar-refractivity contribution in [1.82, 2.24) is 0 Å². The molecule has 0 aliphatic carbocycles. The molecule has 71 valence electrons. The van der Waals surface area contributed by atoms with Gasteiger partial charge in [-0.15, -0.1) is 12.2 Å². The minimum Gasteiger partial charge on any atom is -0.852 e. The molecule has 0 aliphatic heterocycles. The van der Waals surface area contributed by atoms with E-state index in [-0.39, 0.29) is 29.0 Å². The van der Waals surface area contributed by atoms with Crippen LogP contribution in [-0.4, -0.2) is 12.2 Å². The first-order chi connectivity index (χ1) is 4.54. The maximum absolute atomic E-state index is 9.90. The molecule has 0 aromatic rings. The Labute approximate surface area is 80.2 Å². The zero-order chi connectivity index (χ0) is 8.57. The Kier molecular flexibility index (Phi) is 20.8. The van der Waals surface area contributed by atoms with Crippen molar-refractivity contribution in [2.24, 2.45) is 0 Å². The molecule has 0 heterocycles. The van der Waals surface area contributed by atoms with Crippen molar-refractivity contribution in [3.05, 3.63) is 0 Å². The minimum absolute atomic E-state index is 0. The fourth-order valence-electron chi connectivity index (χ4n) is 0. The van der Waals surface area contributed by atoms with Crippen molar-refractivity contribution in [3.63, 3.8) is 0 Å². The number of rotatable bonds is 2. The first-order valence-corrected chi connectivity index (χ1v) is 3.86. The van der Waals surface area contributed by atoms with Gasteiger partial charge in [-0.3, -0.25) is 0 Å². The smallest absolute Gasteiger partial charge is 0.852 e. The summed E-state index contributed by atoms with van der Waals surface area (Å²) in [5.41, 5.74) is 0. The summed E-state index contributed by atoms with van der Waals surface area (Å²) in [6.07, 6.45) is 0.769. The molecular weight excluding hydrogens is 187 g/mol. The van der Waals surface area contributed by atoms with E-state index in [0.717, 1.165) is 12.8 Å². The van der Waals surface area contributed by atoms with E-state index in [2.05, 4.69) is 0 Å². The second kappa shape index (κ2) is 13.0. The zero-order valence-corrected chi connectivity index (χ0v) is 8.76. The summed E-state index contributed by atoms with van der Waals surface area (Å²) in [5.74, 6) is 0. The maximum atomic E-state index is 9.90. The maximum Gasteiger partial charge on any atom is 2.00 e. The van der Waals surface area contributed by atoms with Gasteiger partial charge < -0.3 is 10.2 Å².